The van der Waals surface area contributed by atoms with Crippen molar-refractivity contribution in [1.82, 2.24) is 0 Å². The highest BCUT2D eigenvalue weighted by molar-refractivity contribution is 7.85. The van der Waals surface area contributed by atoms with Crippen LogP contribution >= 0.6 is 0 Å². The zero-order valence-electron chi connectivity index (χ0n) is 12.6. The summed E-state index contributed by atoms with van der Waals surface area (Å²) in [4.78, 5) is 18.9. The number of nitro groups is 2. The molecule has 0 aliphatic carbocycles. The molecule has 0 saturated heterocycles. The summed E-state index contributed by atoms with van der Waals surface area (Å²) in [6, 6.07) is 13.9. The fourth-order valence-electron chi connectivity index (χ4n) is 1.61. The zero-order valence-corrected chi connectivity index (χ0v) is 13.4. The molecule has 0 fully saturated rings. The molecule has 0 saturated carbocycles. The molecule has 0 aliphatic heterocycles. The van der Waals surface area contributed by atoms with E-state index < -0.39 is 31.3 Å². The normalized spacial score (nSPS) is 10.4. The van der Waals surface area contributed by atoms with Gasteiger partial charge in [-0.1, -0.05) is 42.5 Å². The maximum Gasteiger partial charge on any atom is 0.346 e. The maximum atomic E-state index is 10.9. The van der Waals surface area contributed by atoms with Gasteiger partial charge in [-0.3, -0.25) is 24.4 Å². The summed E-state index contributed by atoms with van der Waals surface area (Å²) in [5.74, 6) is -0.0651. The first kappa shape index (κ1) is 19.2. The average Bonchev–Trinajstić information content (AvgIpc) is 2.56. The van der Waals surface area contributed by atoms with Crippen LogP contribution < -0.4 is 0 Å². The number of hydrogen-bond acceptors (Lipinski definition) is 7. The van der Waals surface area contributed by atoms with Crippen molar-refractivity contribution in [3.05, 3.63) is 80.4 Å². The molecular weight excluding hydrogens is 340 g/mol. The molecule has 0 radical (unpaired) electrons. The minimum Gasteiger partial charge on any atom is -0.273 e. The van der Waals surface area contributed by atoms with Gasteiger partial charge in [-0.05, 0) is 5.56 Å². The molecule has 0 bridgehead atoms. The molecule has 0 N–H and O–H groups in total. The van der Waals surface area contributed by atoms with Crippen LogP contribution in [0.5, 0.6) is 0 Å². The quantitative estimate of drug-likeness (QED) is 0.458. The molecule has 0 atom stereocenters. The Balaban J connectivity index is 0.000000240. The second-order valence-electron chi connectivity index (χ2n) is 4.36. The van der Waals surface area contributed by atoms with E-state index in [1.807, 2.05) is 6.07 Å². The van der Waals surface area contributed by atoms with E-state index in [1.165, 1.54) is 12.1 Å². The lowest BCUT2D eigenvalue weighted by atomic mass is 10.2. The summed E-state index contributed by atoms with van der Waals surface area (Å²) in [6.07, 6.45) is 0. The summed E-state index contributed by atoms with van der Waals surface area (Å²) >= 11 is 0. The fraction of sp³-hybridized carbons (Fsp3) is 0.143. The first-order valence-corrected chi connectivity index (χ1v) is 8.04. The molecule has 0 amide bonds. The summed E-state index contributed by atoms with van der Waals surface area (Å²) in [5.41, 5.74) is -0.232. The molecule has 2 aromatic carbocycles. The SMILES string of the molecule is COS(=O)(=O)Cc1ccccc1.O=[N+]([O-])c1ccccc1[N+](=O)[O-]. The third-order valence-corrected chi connectivity index (χ3v) is 3.91. The Morgan fingerprint density at radius 1 is 0.875 bits per heavy atom. The fourth-order valence-corrected chi connectivity index (χ4v) is 2.33. The monoisotopic (exact) mass is 354 g/mol. The van der Waals surface area contributed by atoms with E-state index >= 15 is 0 Å². The largest absolute Gasteiger partial charge is 0.346 e. The second-order valence-corrected chi connectivity index (χ2v) is 6.09. The standard InChI is InChI=1S/C8H10O3S.C6H4N2O4/c1-11-12(9,10)7-8-5-3-2-4-6-8;9-7(10)5-3-1-2-4-6(5)8(11)12/h2-6H,7H2,1H3;1-4H. The predicted molar refractivity (Wildman–Crippen MR) is 85.8 cm³/mol. The van der Waals surface area contributed by atoms with E-state index in [0.29, 0.717) is 0 Å². The van der Waals surface area contributed by atoms with Gasteiger partial charge in [0.05, 0.1) is 17.0 Å². The van der Waals surface area contributed by atoms with Crippen molar-refractivity contribution in [2.45, 2.75) is 5.75 Å². The predicted octanol–water partition coefficient (Wildman–Crippen LogP) is 2.67. The van der Waals surface area contributed by atoms with Gasteiger partial charge >= 0.3 is 11.4 Å². The number of para-hydroxylation sites is 2. The van der Waals surface area contributed by atoms with Crippen LogP contribution in [-0.2, 0) is 20.1 Å². The van der Waals surface area contributed by atoms with E-state index in [1.54, 1.807) is 24.3 Å². The molecule has 9 nitrogen and oxygen atoms in total. The topological polar surface area (TPSA) is 130 Å². The highest BCUT2D eigenvalue weighted by Crippen LogP contribution is 2.24. The summed E-state index contributed by atoms with van der Waals surface area (Å²) in [7, 11) is -2.21. The molecule has 0 spiro atoms. The van der Waals surface area contributed by atoms with E-state index in [2.05, 4.69) is 4.18 Å². The van der Waals surface area contributed by atoms with Crippen LogP contribution in [0.15, 0.2) is 54.6 Å². The molecular formula is C14H14N2O7S. The maximum absolute atomic E-state index is 10.9. The van der Waals surface area contributed by atoms with Crippen molar-refractivity contribution in [2.24, 2.45) is 0 Å². The Bertz CT molecular complexity index is 774. The lowest BCUT2D eigenvalue weighted by molar-refractivity contribution is -0.422. The number of nitrogens with zero attached hydrogens (tertiary/aromatic N) is 2. The summed E-state index contributed by atoms with van der Waals surface area (Å²) in [5, 5.41) is 20.5. The Hall–Kier alpha value is -2.85. The Kier molecular flexibility index (Phi) is 6.96. The average molecular weight is 354 g/mol. The number of benzene rings is 2. The molecule has 0 aliphatic rings. The molecule has 2 aromatic rings. The van der Waals surface area contributed by atoms with Gasteiger partial charge in [0.25, 0.3) is 10.1 Å². The molecule has 10 heteroatoms. The van der Waals surface area contributed by atoms with Crippen molar-refractivity contribution in [3.63, 3.8) is 0 Å². The minimum atomic E-state index is -3.37. The van der Waals surface area contributed by atoms with Crippen molar-refractivity contribution >= 4 is 21.5 Å². The highest BCUT2D eigenvalue weighted by atomic mass is 32.2. The van der Waals surface area contributed by atoms with Crippen LogP contribution in [0.4, 0.5) is 11.4 Å². The lowest BCUT2D eigenvalue weighted by Crippen LogP contribution is -2.05. The molecule has 0 heterocycles. The smallest absolute Gasteiger partial charge is 0.273 e. The zero-order chi connectivity index (χ0) is 18.2. The van der Waals surface area contributed by atoms with E-state index in [4.69, 9.17) is 0 Å². The summed E-state index contributed by atoms with van der Waals surface area (Å²) in [6.45, 7) is 0. The molecule has 24 heavy (non-hydrogen) atoms. The molecule has 0 aromatic heterocycles. The van der Waals surface area contributed by atoms with Crippen molar-refractivity contribution in [2.75, 3.05) is 7.11 Å². The van der Waals surface area contributed by atoms with Gasteiger partial charge in [-0.25, -0.2) is 0 Å². The van der Waals surface area contributed by atoms with Crippen LogP contribution in [0.3, 0.4) is 0 Å². The van der Waals surface area contributed by atoms with Gasteiger partial charge in [-0.2, -0.15) is 8.42 Å². The van der Waals surface area contributed by atoms with Crippen molar-refractivity contribution in [3.8, 4) is 0 Å². The molecule has 128 valence electrons. The van der Waals surface area contributed by atoms with Crippen LogP contribution in [0.2, 0.25) is 0 Å². The number of hydrogen-bond donors (Lipinski definition) is 0. The van der Waals surface area contributed by atoms with Gasteiger partial charge in [0.1, 0.15) is 5.75 Å². The highest BCUT2D eigenvalue weighted by Gasteiger charge is 2.21. The number of rotatable bonds is 5. The van der Waals surface area contributed by atoms with E-state index in [0.717, 1.165) is 24.8 Å². The van der Waals surface area contributed by atoms with Gasteiger partial charge < -0.3 is 0 Å². The Labute approximate surface area is 137 Å². The van der Waals surface area contributed by atoms with E-state index in [9.17, 15) is 28.6 Å². The lowest BCUT2D eigenvalue weighted by Gasteiger charge is -1.99. The first-order valence-electron chi connectivity index (χ1n) is 6.47. The van der Waals surface area contributed by atoms with E-state index in [-0.39, 0.29) is 5.75 Å². The first-order chi connectivity index (χ1) is 11.3. The van der Waals surface area contributed by atoms with Crippen LogP contribution in [0.25, 0.3) is 0 Å². The molecule has 0 unspecified atom stereocenters. The number of nitro benzene ring substituents is 2. The Morgan fingerprint density at radius 2 is 1.29 bits per heavy atom. The van der Waals surface area contributed by atoms with Gasteiger partial charge in [0.15, 0.2) is 0 Å². The van der Waals surface area contributed by atoms with Gasteiger partial charge in [0.2, 0.25) is 0 Å². The van der Waals surface area contributed by atoms with Gasteiger partial charge in [0, 0.05) is 12.1 Å². The van der Waals surface area contributed by atoms with Crippen molar-refractivity contribution in [1.29, 1.82) is 0 Å². The minimum absolute atomic E-state index is 0.0651. The van der Waals surface area contributed by atoms with Crippen LogP contribution in [-0.4, -0.2) is 25.4 Å². The third-order valence-electron chi connectivity index (χ3n) is 2.72. The summed E-state index contributed by atoms with van der Waals surface area (Å²) < 4.78 is 26.2. The van der Waals surface area contributed by atoms with Crippen molar-refractivity contribution < 1.29 is 22.4 Å². The van der Waals surface area contributed by atoms with Crippen LogP contribution in [0.1, 0.15) is 5.56 Å². The Morgan fingerprint density at radius 3 is 1.67 bits per heavy atom. The van der Waals surface area contributed by atoms with Crippen LogP contribution in [0, 0.1) is 20.2 Å². The van der Waals surface area contributed by atoms with Gasteiger partial charge in [-0.15, -0.1) is 0 Å². The third kappa shape index (κ3) is 6.10. The molecule has 2 rings (SSSR count). The second kappa shape index (κ2) is 8.70.